The largest absolute Gasteiger partial charge is 0.494 e. The van der Waals surface area contributed by atoms with E-state index in [0.717, 1.165) is 66.8 Å². The van der Waals surface area contributed by atoms with Crippen LogP contribution in [-0.4, -0.2) is 24.7 Å². The fraction of sp³-hybridized carbons (Fsp3) is 0.550. The number of pyridine rings is 1. The first kappa shape index (κ1) is 18.5. The molecule has 4 nitrogen and oxygen atoms in total. The first-order valence-corrected chi connectivity index (χ1v) is 9.22. The van der Waals surface area contributed by atoms with Crippen LogP contribution in [0.25, 0.3) is 10.9 Å². The Hall–Kier alpha value is -1.81. The van der Waals surface area contributed by atoms with Gasteiger partial charge in [-0.1, -0.05) is 20.8 Å². The van der Waals surface area contributed by atoms with Gasteiger partial charge in [-0.2, -0.15) is 0 Å². The van der Waals surface area contributed by atoms with E-state index in [0.29, 0.717) is 6.61 Å². The van der Waals surface area contributed by atoms with Crippen LogP contribution in [0.15, 0.2) is 23.0 Å². The molecule has 1 aromatic heterocycles. The van der Waals surface area contributed by atoms with Crippen molar-refractivity contribution in [1.29, 1.82) is 0 Å². The van der Waals surface area contributed by atoms with Gasteiger partial charge < -0.3 is 14.6 Å². The average molecular weight is 331 g/mol. The Bertz CT molecular complexity index is 715. The van der Waals surface area contributed by atoms with E-state index in [9.17, 15) is 4.79 Å². The maximum absolute atomic E-state index is 13.0. The molecule has 0 radical (unpaired) electrons. The van der Waals surface area contributed by atoms with Crippen molar-refractivity contribution in [3.8, 4) is 5.75 Å². The number of nitrogens with one attached hydrogen (secondary N) is 2. The standard InChI is InChI=1S/C20H30N2O2/c1-5-10-22(11-6-2)14-18-15(4)21-19-9-8-16(24-12-7-3)13-17(19)20(18)23/h8-9,13H,5-7,10-12,14H2,1-4H3,(H,21,23)/p+1. The smallest absolute Gasteiger partial charge is 0.198 e. The SMILES string of the molecule is CCCOc1ccc2[nH]c(C)c(C[NH+](CCC)CCC)c(=O)c2c1. The lowest BCUT2D eigenvalue weighted by molar-refractivity contribution is -0.914. The van der Waals surface area contributed by atoms with Crippen molar-refractivity contribution in [2.45, 2.75) is 53.5 Å². The molecule has 0 unspecified atom stereocenters. The molecule has 0 atom stereocenters. The maximum atomic E-state index is 13.0. The van der Waals surface area contributed by atoms with Gasteiger partial charge in [-0.25, -0.2) is 0 Å². The molecule has 0 saturated heterocycles. The molecule has 0 spiro atoms. The molecular formula is C20H31N2O2+. The zero-order valence-corrected chi connectivity index (χ0v) is 15.5. The molecule has 132 valence electrons. The Labute approximate surface area is 144 Å². The number of hydrogen-bond donors (Lipinski definition) is 2. The summed E-state index contributed by atoms with van der Waals surface area (Å²) >= 11 is 0. The quantitative estimate of drug-likeness (QED) is 0.742. The number of quaternary nitrogens is 1. The molecule has 0 bridgehead atoms. The number of rotatable bonds is 9. The molecule has 24 heavy (non-hydrogen) atoms. The highest BCUT2D eigenvalue weighted by Gasteiger charge is 2.16. The van der Waals surface area contributed by atoms with Crippen LogP contribution < -0.4 is 15.1 Å². The molecule has 1 aromatic carbocycles. The monoisotopic (exact) mass is 331 g/mol. The zero-order chi connectivity index (χ0) is 17.5. The Morgan fingerprint density at radius 1 is 1.08 bits per heavy atom. The molecule has 0 aliphatic carbocycles. The van der Waals surface area contributed by atoms with E-state index in [1.54, 1.807) is 0 Å². The summed E-state index contributed by atoms with van der Waals surface area (Å²) in [6, 6.07) is 5.76. The minimum absolute atomic E-state index is 0.146. The molecule has 1 heterocycles. The maximum Gasteiger partial charge on any atom is 0.198 e. The molecule has 0 fully saturated rings. The van der Waals surface area contributed by atoms with Crippen LogP contribution in [0.2, 0.25) is 0 Å². The third-order valence-corrected chi connectivity index (χ3v) is 4.39. The van der Waals surface area contributed by atoms with Crippen LogP contribution in [-0.2, 0) is 6.54 Å². The molecule has 0 aliphatic rings. The minimum atomic E-state index is 0.146. The Morgan fingerprint density at radius 2 is 1.79 bits per heavy atom. The summed E-state index contributed by atoms with van der Waals surface area (Å²) in [6.07, 6.45) is 3.23. The van der Waals surface area contributed by atoms with Gasteiger partial charge in [-0.05, 0) is 44.4 Å². The number of H-pyrrole nitrogens is 1. The summed E-state index contributed by atoms with van der Waals surface area (Å²) in [5.41, 5.74) is 2.93. The van der Waals surface area contributed by atoms with Crippen LogP contribution in [0.3, 0.4) is 0 Å². The van der Waals surface area contributed by atoms with E-state index in [-0.39, 0.29) is 5.43 Å². The van der Waals surface area contributed by atoms with E-state index in [2.05, 4.69) is 25.8 Å². The van der Waals surface area contributed by atoms with Crippen molar-refractivity contribution < 1.29 is 9.64 Å². The van der Waals surface area contributed by atoms with Gasteiger partial charge in [0.2, 0.25) is 0 Å². The third-order valence-electron chi connectivity index (χ3n) is 4.39. The lowest BCUT2D eigenvalue weighted by Gasteiger charge is -2.19. The van der Waals surface area contributed by atoms with Crippen LogP contribution in [0.5, 0.6) is 5.75 Å². The van der Waals surface area contributed by atoms with Gasteiger partial charge in [-0.15, -0.1) is 0 Å². The van der Waals surface area contributed by atoms with Crippen LogP contribution in [0.1, 0.15) is 51.3 Å². The highest BCUT2D eigenvalue weighted by atomic mass is 16.5. The second kappa shape index (κ2) is 8.88. The normalized spacial score (nSPS) is 11.4. The van der Waals surface area contributed by atoms with Crippen LogP contribution >= 0.6 is 0 Å². The summed E-state index contributed by atoms with van der Waals surface area (Å²) in [4.78, 5) is 17.9. The summed E-state index contributed by atoms with van der Waals surface area (Å²) < 4.78 is 5.69. The number of aryl methyl sites for hydroxylation is 1. The van der Waals surface area contributed by atoms with E-state index in [1.165, 1.54) is 4.90 Å². The molecule has 0 amide bonds. The topological polar surface area (TPSA) is 46.5 Å². The molecule has 2 N–H and O–H groups in total. The summed E-state index contributed by atoms with van der Waals surface area (Å²) in [5.74, 6) is 0.774. The third kappa shape index (κ3) is 4.38. The van der Waals surface area contributed by atoms with Crippen LogP contribution in [0, 0.1) is 6.92 Å². The number of aromatic amines is 1. The molecule has 2 rings (SSSR count). The van der Waals surface area contributed by atoms with Crippen LogP contribution in [0.4, 0.5) is 0 Å². The minimum Gasteiger partial charge on any atom is -0.494 e. The Morgan fingerprint density at radius 3 is 2.42 bits per heavy atom. The van der Waals surface area contributed by atoms with Crippen molar-refractivity contribution in [3.63, 3.8) is 0 Å². The van der Waals surface area contributed by atoms with Gasteiger partial charge in [0, 0.05) is 16.6 Å². The molecular weight excluding hydrogens is 300 g/mol. The number of benzene rings is 1. The van der Waals surface area contributed by atoms with E-state index >= 15 is 0 Å². The Kier molecular flexibility index (Phi) is 6.85. The number of fused-ring (bicyclic) bond motifs is 1. The molecule has 4 heteroatoms. The first-order valence-electron chi connectivity index (χ1n) is 9.22. The second-order valence-corrected chi connectivity index (χ2v) is 6.54. The molecule has 0 aliphatic heterocycles. The number of hydrogen-bond acceptors (Lipinski definition) is 2. The number of ether oxygens (including phenoxy) is 1. The highest BCUT2D eigenvalue weighted by molar-refractivity contribution is 5.81. The van der Waals surface area contributed by atoms with Gasteiger partial charge in [0.25, 0.3) is 0 Å². The van der Waals surface area contributed by atoms with Gasteiger partial charge in [0.1, 0.15) is 12.3 Å². The summed E-state index contributed by atoms with van der Waals surface area (Å²) in [5, 5.41) is 0.733. The van der Waals surface area contributed by atoms with Crippen molar-refractivity contribution in [2.24, 2.45) is 0 Å². The molecule has 0 saturated carbocycles. The lowest BCUT2D eigenvalue weighted by atomic mass is 10.1. The number of aromatic nitrogens is 1. The fourth-order valence-electron chi connectivity index (χ4n) is 3.21. The second-order valence-electron chi connectivity index (χ2n) is 6.54. The van der Waals surface area contributed by atoms with Gasteiger partial charge in [0.05, 0.1) is 25.3 Å². The van der Waals surface area contributed by atoms with Gasteiger partial charge >= 0.3 is 0 Å². The first-order chi connectivity index (χ1) is 11.6. The van der Waals surface area contributed by atoms with Crippen molar-refractivity contribution >= 4 is 10.9 Å². The fourth-order valence-corrected chi connectivity index (χ4v) is 3.21. The predicted octanol–water partition coefficient (Wildman–Crippen LogP) is 2.83. The van der Waals surface area contributed by atoms with Crippen molar-refractivity contribution in [2.75, 3.05) is 19.7 Å². The predicted molar refractivity (Wildman–Crippen MR) is 100 cm³/mol. The van der Waals surface area contributed by atoms with Gasteiger partial charge in [-0.3, -0.25) is 4.79 Å². The summed E-state index contributed by atoms with van der Waals surface area (Å²) in [6.45, 7) is 12.1. The zero-order valence-electron chi connectivity index (χ0n) is 15.5. The Balaban J connectivity index is 2.40. The average Bonchev–Trinajstić information content (AvgIpc) is 2.57. The van der Waals surface area contributed by atoms with E-state index < -0.39 is 0 Å². The van der Waals surface area contributed by atoms with E-state index in [4.69, 9.17) is 4.74 Å². The van der Waals surface area contributed by atoms with E-state index in [1.807, 2.05) is 25.1 Å². The molecule has 2 aromatic rings. The lowest BCUT2D eigenvalue weighted by Crippen LogP contribution is -3.10. The van der Waals surface area contributed by atoms with Gasteiger partial charge in [0.15, 0.2) is 5.43 Å². The highest BCUT2D eigenvalue weighted by Crippen LogP contribution is 2.18. The van der Waals surface area contributed by atoms with Crippen molar-refractivity contribution in [3.05, 3.63) is 39.7 Å². The summed E-state index contributed by atoms with van der Waals surface area (Å²) in [7, 11) is 0. The van der Waals surface area contributed by atoms with Crippen molar-refractivity contribution in [1.82, 2.24) is 4.98 Å².